The average molecular weight is 335 g/mol. The van der Waals surface area contributed by atoms with Crippen molar-refractivity contribution < 1.29 is 9.59 Å². The summed E-state index contributed by atoms with van der Waals surface area (Å²) >= 11 is 1.68. The molecule has 23 heavy (non-hydrogen) atoms. The van der Waals surface area contributed by atoms with Crippen LogP contribution < -0.4 is 5.32 Å². The lowest BCUT2D eigenvalue weighted by atomic mass is 10.0. The molecule has 2 heterocycles. The maximum absolute atomic E-state index is 12.5. The second kappa shape index (κ2) is 6.91. The van der Waals surface area contributed by atoms with Gasteiger partial charge in [-0.1, -0.05) is 19.9 Å². The monoisotopic (exact) mass is 335 g/mol. The van der Waals surface area contributed by atoms with Crippen molar-refractivity contribution >= 4 is 23.3 Å². The molecule has 3 rings (SSSR count). The Morgan fingerprint density at radius 3 is 2.35 bits per heavy atom. The molecule has 0 radical (unpaired) electrons. The van der Waals surface area contributed by atoms with E-state index in [1.54, 1.807) is 11.3 Å². The second-order valence-corrected chi connectivity index (χ2v) is 7.75. The highest BCUT2D eigenvalue weighted by atomic mass is 32.1. The lowest BCUT2D eigenvalue weighted by Gasteiger charge is -2.36. The normalized spacial score (nSPS) is 19.8. The van der Waals surface area contributed by atoms with Crippen molar-refractivity contribution in [2.45, 2.75) is 32.7 Å². The summed E-state index contributed by atoms with van der Waals surface area (Å²) in [4.78, 5) is 29.6. The smallest absolute Gasteiger partial charge is 0.318 e. The maximum Gasteiger partial charge on any atom is 0.318 e. The molecule has 1 aromatic rings. The number of hydrogen-bond donors (Lipinski definition) is 1. The first kappa shape index (κ1) is 16.3. The molecule has 1 saturated carbocycles. The Morgan fingerprint density at radius 2 is 1.83 bits per heavy atom. The summed E-state index contributed by atoms with van der Waals surface area (Å²) in [7, 11) is 0. The van der Waals surface area contributed by atoms with Crippen LogP contribution in [0.3, 0.4) is 0 Å². The number of urea groups is 1. The van der Waals surface area contributed by atoms with Gasteiger partial charge in [-0.3, -0.25) is 4.79 Å². The Bertz CT molecular complexity index is 546. The Hall–Kier alpha value is -1.56. The SMILES string of the molecule is CC(C)[C@H](NC(=O)N1CCN(C(=O)C2CC2)CC1)c1cccs1. The van der Waals surface area contributed by atoms with Crippen LogP contribution in [0.1, 0.15) is 37.6 Å². The molecule has 1 atom stereocenters. The van der Waals surface area contributed by atoms with E-state index in [0.29, 0.717) is 32.1 Å². The molecular weight excluding hydrogens is 310 g/mol. The number of hydrogen-bond acceptors (Lipinski definition) is 3. The third-order valence-electron chi connectivity index (χ3n) is 4.60. The molecular formula is C17H25N3O2S. The fourth-order valence-corrected chi connectivity index (χ4v) is 3.93. The van der Waals surface area contributed by atoms with E-state index in [-0.39, 0.29) is 23.9 Å². The Morgan fingerprint density at radius 1 is 1.17 bits per heavy atom. The van der Waals surface area contributed by atoms with Gasteiger partial charge in [0.05, 0.1) is 6.04 Å². The minimum atomic E-state index is -0.0179. The molecule has 1 N–H and O–H groups in total. The third kappa shape index (κ3) is 3.86. The number of nitrogens with zero attached hydrogens (tertiary/aromatic N) is 2. The van der Waals surface area contributed by atoms with Gasteiger partial charge in [-0.15, -0.1) is 11.3 Å². The molecule has 1 aliphatic carbocycles. The Kier molecular flexibility index (Phi) is 4.90. The molecule has 5 nitrogen and oxygen atoms in total. The fraction of sp³-hybridized carbons (Fsp3) is 0.647. The van der Waals surface area contributed by atoms with E-state index in [2.05, 4.69) is 25.2 Å². The predicted octanol–water partition coefficient (Wildman–Crippen LogP) is 2.71. The summed E-state index contributed by atoms with van der Waals surface area (Å²) in [5.74, 6) is 0.888. The number of carbonyl (C=O) groups is 2. The quantitative estimate of drug-likeness (QED) is 0.920. The standard InChI is InChI=1S/C17H25N3O2S/c1-12(2)15(14-4-3-11-23-14)18-17(22)20-9-7-19(8-10-20)16(21)13-5-6-13/h3-4,11-13,15H,5-10H2,1-2H3,(H,18,22)/t15-/m0/s1. The van der Waals surface area contributed by atoms with Gasteiger partial charge in [-0.25, -0.2) is 4.79 Å². The van der Waals surface area contributed by atoms with Crippen molar-refractivity contribution in [1.29, 1.82) is 0 Å². The highest BCUT2D eigenvalue weighted by molar-refractivity contribution is 7.10. The molecule has 0 spiro atoms. The van der Waals surface area contributed by atoms with Gasteiger partial charge in [0, 0.05) is 37.0 Å². The zero-order chi connectivity index (χ0) is 16.4. The lowest BCUT2D eigenvalue weighted by molar-refractivity contribution is -0.133. The summed E-state index contributed by atoms with van der Waals surface area (Å²) in [5.41, 5.74) is 0. The summed E-state index contributed by atoms with van der Waals surface area (Å²) in [6, 6.07) is 4.12. The van der Waals surface area contributed by atoms with Crippen LogP contribution in [-0.2, 0) is 4.79 Å². The van der Waals surface area contributed by atoms with Gasteiger partial charge < -0.3 is 15.1 Å². The molecule has 1 saturated heterocycles. The van der Waals surface area contributed by atoms with Crippen molar-refractivity contribution in [3.05, 3.63) is 22.4 Å². The van der Waals surface area contributed by atoms with Crippen molar-refractivity contribution in [1.82, 2.24) is 15.1 Å². The molecule has 0 aromatic carbocycles. The minimum Gasteiger partial charge on any atom is -0.339 e. The van der Waals surface area contributed by atoms with Crippen LogP contribution in [0.15, 0.2) is 17.5 Å². The van der Waals surface area contributed by atoms with Gasteiger partial charge in [0.15, 0.2) is 0 Å². The van der Waals surface area contributed by atoms with E-state index in [0.717, 1.165) is 12.8 Å². The maximum atomic E-state index is 12.5. The highest BCUT2D eigenvalue weighted by Gasteiger charge is 2.35. The van der Waals surface area contributed by atoms with Crippen molar-refractivity contribution in [2.75, 3.05) is 26.2 Å². The molecule has 3 amide bonds. The summed E-state index contributed by atoms with van der Waals surface area (Å²) in [6.45, 7) is 6.81. The number of thiophene rings is 1. The zero-order valence-electron chi connectivity index (χ0n) is 13.8. The molecule has 1 aromatic heterocycles. The van der Waals surface area contributed by atoms with Gasteiger partial charge in [0.1, 0.15) is 0 Å². The highest BCUT2D eigenvalue weighted by Crippen LogP contribution is 2.31. The molecule has 6 heteroatoms. The topological polar surface area (TPSA) is 52.7 Å². The van der Waals surface area contributed by atoms with E-state index >= 15 is 0 Å². The number of piperazine rings is 1. The summed E-state index contributed by atoms with van der Waals surface area (Å²) in [6.07, 6.45) is 2.08. The van der Waals surface area contributed by atoms with E-state index in [1.807, 2.05) is 21.2 Å². The lowest BCUT2D eigenvalue weighted by Crippen LogP contribution is -2.54. The van der Waals surface area contributed by atoms with Crippen LogP contribution in [0.25, 0.3) is 0 Å². The van der Waals surface area contributed by atoms with Gasteiger partial charge in [0.2, 0.25) is 5.91 Å². The van der Waals surface area contributed by atoms with E-state index < -0.39 is 0 Å². The molecule has 1 aliphatic heterocycles. The fourth-order valence-electron chi connectivity index (χ4n) is 2.98. The summed E-state index contributed by atoms with van der Waals surface area (Å²) in [5, 5.41) is 5.20. The van der Waals surface area contributed by atoms with E-state index in [1.165, 1.54) is 4.88 Å². The minimum absolute atomic E-state index is 0.0179. The molecule has 0 bridgehead atoms. The molecule has 0 unspecified atom stereocenters. The van der Waals surface area contributed by atoms with Crippen LogP contribution in [0.4, 0.5) is 4.79 Å². The first-order chi connectivity index (χ1) is 11.1. The Balaban J connectivity index is 1.53. The van der Waals surface area contributed by atoms with E-state index in [4.69, 9.17) is 0 Å². The van der Waals surface area contributed by atoms with Gasteiger partial charge in [0.25, 0.3) is 0 Å². The zero-order valence-corrected chi connectivity index (χ0v) is 14.6. The predicted molar refractivity (Wildman–Crippen MR) is 91.3 cm³/mol. The largest absolute Gasteiger partial charge is 0.339 e. The van der Waals surface area contributed by atoms with Crippen molar-refractivity contribution in [3.8, 4) is 0 Å². The van der Waals surface area contributed by atoms with Crippen LogP contribution in [-0.4, -0.2) is 47.9 Å². The Labute approximate surface area is 141 Å². The average Bonchev–Trinajstić information content (AvgIpc) is 3.27. The van der Waals surface area contributed by atoms with Crippen molar-refractivity contribution in [2.24, 2.45) is 11.8 Å². The van der Waals surface area contributed by atoms with Crippen LogP contribution in [0.5, 0.6) is 0 Å². The number of nitrogens with one attached hydrogen (secondary N) is 1. The van der Waals surface area contributed by atoms with Crippen LogP contribution in [0, 0.1) is 11.8 Å². The molecule has 126 valence electrons. The first-order valence-corrected chi connectivity index (χ1v) is 9.32. The van der Waals surface area contributed by atoms with Gasteiger partial charge >= 0.3 is 6.03 Å². The third-order valence-corrected chi connectivity index (χ3v) is 5.56. The number of carbonyl (C=O) groups excluding carboxylic acids is 2. The van der Waals surface area contributed by atoms with Crippen LogP contribution in [0.2, 0.25) is 0 Å². The molecule has 2 fully saturated rings. The van der Waals surface area contributed by atoms with E-state index in [9.17, 15) is 9.59 Å². The van der Waals surface area contributed by atoms with Gasteiger partial charge in [-0.05, 0) is 30.2 Å². The van der Waals surface area contributed by atoms with Crippen molar-refractivity contribution in [3.63, 3.8) is 0 Å². The summed E-state index contributed by atoms with van der Waals surface area (Å²) < 4.78 is 0. The first-order valence-electron chi connectivity index (χ1n) is 8.44. The second-order valence-electron chi connectivity index (χ2n) is 6.77. The number of amides is 3. The molecule has 2 aliphatic rings. The number of rotatable bonds is 4. The van der Waals surface area contributed by atoms with Crippen LogP contribution >= 0.6 is 11.3 Å². The van der Waals surface area contributed by atoms with Gasteiger partial charge in [-0.2, -0.15) is 0 Å².